The Kier molecular flexibility index (Phi) is 6.12. The van der Waals surface area contributed by atoms with E-state index in [1.165, 1.54) is 4.90 Å². The third-order valence-electron chi connectivity index (χ3n) is 6.91. The number of hydrogen-bond acceptors (Lipinski definition) is 6. The molecule has 0 radical (unpaired) electrons. The highest BCUT2D eigenvalue weighted by molar-refractivity contribution is 5.95. The highest BCUT2D eigenvalue weighted by Gasteiger charge is 2.53. The lowest BCUT2D eigenvalue weighted by Gasteiger charge is -2.27. The van der Waals surface area contributed by atoms with E-state index in [0.29, 0.717) is 18.1 Å². The summed E-state index contributed by atoms with van der Waals surface area (Å²) in [5, 5.41) is 6.27. The van der Waals surface area contributed by atoms with Crippen LogP contribution in [0.15, 0.2) is 42.6 Å². The number of hydrogen-bond donors (Lipinski definition) is 2. The molecular weight excluding hydrogens is 462 g/mol. The van der Waals surface area contributed by atoms with Gasteiger partial charge in [0.15, 0.2) is 0 Å². The molecule has 2 aromatic carbocycles. The van der Waals surface area contributed by atoms with Crippen molar-refractivity contribution in [2.75, 3.05) is 30.8 Å². The summed E-state index contributed by atoms with van der Waals surface area (Å²) in [7, 11) is 1.80. The number of carbonyl (C=O) groups is 1. The molecule has 0 saturated carbocycles. The van der Waals surface area contributed by atoms with Crippen LogP contribution in [0.25, 0.3) is 0 Å². The number of fused-ring (bicyclic) bond motifs is 1. The van der Waals surface area contributed by atoms with Crippen LogP contribution in [-0.2, 0) is 13.1 Å². The number of aryl methyl sites for hydroxylation is 3. The second kappa shape index (κ2) is 9.13. The zero-order chi connectivity index (χ0) is 25.6. The second-order valence-corrected chi connectivity index (χ2v) is 9.81. The molecule has 9 heteroatoms. The van der Waals surface area contributed by atoms with Crippen LogP contribution in [0.4, 0.5) is 26.1 Å². The first-order chi connectivity index (χ1) is 17.1. The number of alkyl halides is 2. The van der Waals surface area contributed by atoms with Gasteiger partial charge in [-0.25, -0.2) is 18.7 Å². The average Bonchev–Trinajstić information content (AvgIpc) is 3.37. The minimum Gasteiger partial charge on any atom is -0.388 e. The molecule has 0 bridgehead atoms. The molecule has 5 rings (SSSR count). The number of halogens is 2. The van der Waals surface area contributed by atoms with E-state index in [1.54, 1.807) is 36.3 Å². The van der Waals surface area contributed by atoms with Gasteiger partial charge in [-0.05, 0) is 67.8 Å². The summed E-state index contributed by atoms with van der Waals surface area (Å²) in [6.07, 6.45) is 1.70. The lowest BCUT2D eigenvalue weighted by atomic mass is 10.1. The molecule has 188 valence electrons. The quantitative estimate of drug-likeness (QED) is 0.540. The first kappa shape index (κ1) is 24.1. The van der Waals surface area contributed by atoms with Gasteiger partial charge in [-0.2, -0.15) is 0 Å². The summed E-state index contributed by atoms with van der Waals surface area (Å²) in [6.45, 7) is 5.92. The molecule has 3 aromatic rings. The molecule has 1 aromatic heterocycles. The van der Waals surface area contributed by atoms with Crippen LogP contribution in [0.5, 0.6) is 0 Å². The number of carbonyl (C=O) groups excluding carboxylic acids is 1. The van der Waals surface area contributed by atoms with Gasteiger partial charge in [0.1, 0.15) is 0 Å². The summed E-state index contributed by atoms with van der Waals surface area (Å²) in [4.78, 5) is 25.0. The van der Waals surface area contributed by atoms with Gasteiger partial charge in [0.2, 0.25) is 5.95 Å². The Bertz CT molecular complexity index is 1310. The summed E-state index contributed by atoms with van der Waals surface area (Å²) < 4.78 is 30.3. The fourth-order valence-electron chi connectivity index (χ4n) is 5.20. The standard InChI is InChI=1S/C27H30F2N6O/c1-16-7-17(2)9-21(8-16)32-26-31-11-20-12-34(13-23(20)33-26)24-14-35(15-27(24,28)29)25(36)19-5-6-22(30-4)18(3)10-19/h5-11,24,30H,12-15H2,1-4H3,(H,31,32,33). The summed E-state index contributed by atoms with van der Waals surface area (Å²) in [6, 6.07) is 10.2. The maximum absolute atomic E-state index is 15.2. The van der Waals surface area contributed by atoms with Crippen molar-refractivity contribution in [2.24, 2.45) is 0 Å². The van der Waals surface area contributed by atoms with E-state index >= 15 is 8.78 Å². The molecule has 1 saturated heterocycles. The van der Waals surface area contributed by atoms with Gasteiger partial charge in [0.05, 0.1) is 18.3 Å². The summed E-state index contributed by atoms with van der Waals surface area (Å²) in [5.74, 6) is -2.96. The Hall–Kier alpha value is -3.59. The minimum absolute atomic E-state index is 0.0340. The predicted octanol–water partition coefficient (Wildman–Crippen LogP) is 4.66. The fourth-order valence-corrected chi connectivity index (χ4v) is 5.20. The largest absolute Gasteiger partial charge is 0.388 e. The number of aromatic nitrogens is 2. The van der Waals surface area contributed by atoms with E-state index in [0.717, 1.165) is 39.3 Å². The van der Waals surface area contributed by atoms with E-state index in [9.17, 15) is 4.79 Å². The summed E-state index contributed by atoms with van der Waals surface area (Å²) in [5.41, 5.74) is 6.91. The third-order valence-corrected chi connectivity index (χ3v) is 6.91. The average molecular weight is 493 g/mol. The minimum atomic E-state index is -3.02. The molecule has 3 heterocycles. The van der Waals surface area contributed by atoms with Crippen LogP contribution in [0.2, 0.25) is 0 Å². The van der Waals surface area contributed by atoms with Crippen molar-refractivity contribution in [3.8, 4) is 0 Å². The zero-order valence-corrected chi connectivity index (χ0v) is 20.9. The molecular formula is C27H30F2N6O. The van der Waals surface area contributed by atoms with Gasteiger partial charge < -0.3 is 15.5 Å². The second-order valence-electron chi connectivity index (χ2n) is 9.81. The molecule has 1 unspecified atom stereocenters. The molecule has 2 aliphatic rings. The van der Waals surface area contributed by atoms with Gasteiger partial charge in [-0.15, -0.1) is 0 Å². The molecule has 36 heavy (non-hydrogen) atoms. The van der Waals surface area contributed by atoms with Gasteiger partial charge in [0.25, 0.3) is 11.8 Å². The van der Waals surface area contributed by atoms with Crippen molar-refractivity contribution in [2.45, 2.75) is 45.8 Å². The number of amides is 1. The Morgan fingerprint density at radius 2 is 1.83 bits per heavy atom. The van der Waals surface area contributed by atoms with Gasteiger partial charge >= 0.3 is 0 Å². The van der Waals surface area contributed by atoms with E-state index in [4.69, 9.17) is 0 Å². The number of nitrogens with one attached hydrogen (secondary N) is 2. The number of rotatable bonds is 5. The topological polar surface area (TPSA) is 73.4 Å². The van der Waals surface area contributed by atoms with Crippen LogP contribution in [-0.4, -0.2) is 57.8 Å². The van der Waals surface area contributed by atoms with Crippen molar-refractivity contribution < 1.29 is 13.6 Å². The van der Waals surface area contributed by atoms with Gasteiger partial charge in [0, 0.05) is 55.4 Å². The van der Waals surface area contributed by atoms with E-state index in [-0.39, 0.29) is 19.0 Å². The van der Waals surface area contributed by atoms with Crippen molar-refractivity contribution in [3.05, 3.63) is 76.1 Å². The molecule has 0 spiro atoms. The first-order valence-electron chi connectivity index (χ1n) is 12.0. The smallest absolute Gasteiger partial charge is 0.282 e. The summed E-state index contributed by atoms with van der Waals surface area (Å²) >= 11 is 0. The maximum Gasteiger partial charge on any atom is 0.282 e. The van der Waals surface area contributed by atoms with E-state index in [1.807, 2.05) is 32.9 Å². The number of nitrogens with zero attached hydrogens (tertiary/aromatic N) is 4. The van der Waals surface area contributed by atoms with Gasteiger partial charge in [-0.3, -0.25) is 9.69 Å². The Balaban J connectivity index is 1.29. The number of anilines is 3. The zero-order valence-electron chi connectivity index (χ0n) is 20.9. The molecule has 1 fully saturated rings. The SMILES string of the molecule is CNc1ccc(C(=O)N2CC(N3Cc4cnc(Nc5cc(C)cc(C)c5)nc4C3)C(F)(F)C2)cc1C. The van der Waals surface area contributed by atoms with E-state index in [2.05, 4.69) is 26.7 Å². The van der Waals surface area contributed by atoms with Crippen LogP contribution >= 0.6 is 0 Å². The van der Waals surface area contributed by atoms with Crippen LogP contribution < -0.4 is 10.6 Å². The molecule has 0 aliphatic carbocycles. The monoisotopic (exact) mass is 492 g/mol. The Morgan fingerprint density at radius 3 is 2.53 bits per heavy atom. The normalized spacial score (nSPS) is 18.8. The van der Waals surface area contributed by atoms with Gasteiger partial charge in [-0.1, -0.05) is 6.07 Å². The highest BCUT2D eigenvalue weighted by atomic mass is 19.3. The van der Waals surface area contributed by atoms with Crippen LogP contribution in [0.1, 0.15) is 38.3 Å². The lowest BCUT2D eigenvalue weighted by molar-refractivity contribution is -0.0520. The van der Waals surface area contributed by atoms with Crippen LogP contribution in [0, 0.1) is 20.8 Å². The first-order valence-corrected chi connectivity index (χ1v) is 12.0. The maximum atomic E-state index is 15.2. The highest BCUT2D eigenvalue weighted by Crippen LogP contribution is 2.36. The van der Waals surface area contributed by atoms with Crippen molar-refractivity contribution >= 4 is 23.2 Å². The molecule has 7 nitrogen and oxygen atoms in total. The fraction of sp³-hybridized carbons (Fsp3) is 0.370. The van der Waals surface area contributed by atoms with Crippen LogP contribution in [0.3, 0.4) is 0 Å². The molecule has 1 amide bonds. The molecule has 1 atom stereocenters. The van der Waals surface area contributed by atoms with Crippen molar-refractivity contribution in [3.63, 3.8) is 0 Å². The Labute approximate surface area is 209 Å². The Morgan fingerprint density at radius 1 is 1.08 bits per heavy atom. The third kappa shape index (κ3) is 4.63. The molecule has 2 aliphatic heterocycles. The molecule has 2 N–H and O–H groups in total. The van der Waals surface area contributed by atoms with E-state index < -0.39 is 18.5 Å². The number of benzene rings is 2. The van der Waals surface area contributed by atoms with Crippen molar-refractivity contribution in [1.29, 1.82) is 0 Å². The van der Waals surface area contributed by atoms with Crippen molar-refractivity contribution in [1.82, 2.24) is 19.8 Å². The number of likely N-dealkylation sites (tertiary alicyclic amines) is 1. The predicted molar refractivity (Wildman–Crippen MR) is 136 cm³/mol. The lowest BCUT2D eigenvalue weighted by Crippen LogP contribution is -2.44.